The number of hydrogen-bond acceptors (Lipinski definition) is 5. The largest absolute Gasteiger partial charge is 0.493 e. The minimum atomic E-state index is -0.458. The van der Waals surface area contributed by atoms with Crippen LogP contribution in [0.4, 0.5) is 0 Å². The van der Waals surface area contributed by atoms with Crippen molar-refractivity contribution < 1.29 is 19.1 Å². The third-order valence-corrected chi connectivity index (χ3v) is 9.49. The van der Waals surface area contributed by atoms with Crippen LogP contribution in [0.25, 0.3) is 0 Å². The Morgan fingerprint density at radius 2 is 1.51 bits per heavy atom. The minimum Gasteiger partial charge on any atom is -0.493 e. The van der Waals surface area contributed by atoms with Gasteiger partial charge < -0.3 is 14.4 Å². The van der Waals surface area contributed by atoms with Crippen molar-refractivity contribution in [3.63, 3.8) is 0 Å². The third-order valence-electron chi connectivity index (χ3n) is 8.31. The van der Waals surface area contributed by atoms with Gasteiger partial charge in [-0.05, 0) is 76.4 Å². The summed E-state index contributed by atoms with van der Waals surface area (Å²) in [7, 11) is 1.59. The summed E-state index contributed by atoms with van der Waals surface area (Å²) in [5.41, 5.74) is 4.91. The van der Waals surface area contributed by atoms with Crippen LogP contribution in [0.3, 0.4) is 0 Å². The van der Waals surface area contributed by atoms with Crippen LogP contribution >= 0.6 is 39.1 Å². The normalized spacial score (nSPS) is 20.3. The molecule has 0 bridgehead atoms. The number of hydrogen-bond donors (Lipinski definition) is 0. The zero-order chi connectivity index (χ0) is 29.9. The van der Waals surface area contributed by atoms with Gasteiger partial charge in [-0.25, -0.2) is 0 Å². The van der Waals surface area contributed by atoms with Crippen molar-refractivity contribution in [1.82, 2.24) is 4.90 Å². The molecule has 0 N–H and O–H groups in total. The highest BCUT2D eigenvalue weighted by atomic mass is 79.9. The van der Waals surface area contributed by atoms with Crippen LogP contribution in [0, 0.1) is 10.8 Å². The molecule has 3 aliphatic rings. The number of Topliss-reactive ketones (excluding diaryl/α,β-unsaturated/α-hetero) is 2. The molecule has 0 amide bonds. The van der Waals surface area contributed by atoms with Crippen LogP contribution in [0.15, 0.2) is 57.3 Å². The lowest BCUT2D eigenvalue weighted by atomic mass is 9.63. The van der Waals surface area contributed by atoms with Gasteiger partial charge in [0.2, 0.25) is 0 Å². The molecule has 5 rings (SSSR count). The summed E-state index contributed by atoms with van der Waals surface area (Å²) >= 11 is 16.1. The summed E-state index contributed by atoms with van der Waals surface area (Å²) in [6, 6.07) is 9.15. The van der Waals surface area contributed by atoms with E-state index in [0.29, 0.717) is 45.4 Å². The zero-order valence-electron chi connectivity index (χ0n) is 24.4. The lowest BCUT2D eigenvalue weighted by Crippen LogP contribution is -2.44. The molecule has 0 saturated carbocycles. The molecule has 5 nitrogen and oxygen atoms in total. The second-order valence-electron chi connectivity index (χ2n) is 12.8. The average molecular weight is 661 g/mol. The van der Waals surface area contributed by atoms with Crippen molar-refractivity contribution in [2.45, 2.75) is 72.8 Å². The number of ketones is 2. The molecule has 218 valence electrons. The molecule has 0 atom stereocenters. The molecule has 0 aromatic heterocycles. The predicted octanol–water partition coefficient (Wildman–Crippen LogP) is 9.05. The van der Waals surface area contributed by atoms with Crippen LogP contribution in [-0.4, -0.2) is 30.1 Å². The highest BCUT2D eigenvalue weighted by molar-refractivity contribution is 9.10. The summed E-state index contributed by atoms with van der Waals surface area (Å²) in [4.78, 5) is 30.1. The predicted molar refractivity (Wildman–Crippen MR) is 167 cm³/mol. The van der Waals surface area contributed by atoms with Crippen molar-refractivity contribution in [3.8, 4) is 11.5 Å². The molecule has 2 aromatic carbocycles. The molecular weight excluding hydrogens is 625 g/mol. The first-order chi connectivity index (χ1) is 19.2. The molecule has 0 fully saturated rings. The Morgan fingerprint density at radius 1 is 0.927 bits per heavy atom. The molecule has 0 spiro atoms. The fourth-order valence-corrected chi connectivity index (χ4v) is 7.64. The molecule has 1 aliphatic heterocycles. The van der Waals surface area contributed by atoms with E-state index in [4.69, 9.17) is 32.7 Å². The number of nitrogens with zero attached hydrogens (tertiary/aromatic N) is 1. The van der Waals surface area contributed by atoms with Crippen LogP contribution in [0.1, 0.15) is 77.3 Å². The lowest BCUT2D eigenvalue weighted by Gasteiger charge is -2.49. The summed E-state index contributed by atoms with van der Waals surface area (Å²) in [5, 5.41) is 1.07. The zero-order valence-corrected chi connectivity index (χ0v) is 27.5. The first kappa shape index (κ1) is 30.2. The van der Waals surface area contributed by atoms with E-state index in [9.17, 15) is 9.59 Å². The van der Waals surface area contributed by atoms with E-state index in [2.05, 4.69) is 55.4 Å². The monoisotopic (exact) mass is 659 g/mol. The second-order valence-corrected chi connectivity index (χ2v) is 14.5. The summed E-state index contributed by atoms with van der Waals surface area (Å²) in [6.07, 6.45) is 2.46. The summed E-state index contributed by atoms with van der Waals surface area (Å²) in [5.74, 6) is 0.783. The number of carbonyl (C=O) groups excluding carboxylic acids is 2. The maximum Gasteiger partial charge on any atom is 0.175 e. The smallest absolute Gasteiger partial charge is 0.175 e. The van der Waals surface area contributed by atoms with Gasteiger partial charge >= 0.3 is 0 Å². The van der Waals surface area contributed by atoms with Gasteiger partial charge in [0.05, 0.1) is 11.6 Å². The first-order valence-electron chi connectivity index (χ1n) is 14.0. The molecule has 2 aromatic rings. The quantitative estimate of drug-likeness (QED) is 0.309. The molecule has 41 heavy (non-hydrogen) atoms. The molecule has 0 saturated heterocycles. The Morgan fingerprint density at radius 3 is 2.02 bits per heavy atom. The number of allylic oxidation sites excluding steroid dienone is 4. The third kappa shape index (κ3) is 5.72. The fourth-order valence-electron chi connectivity index (χ4n) is 6.60. The highest BCUT2D eigenvalue weighted by Crippen LogP contribution is 2.55. The van der Waals surface area contributed by atoms with Gasteiger partial charge in [-0.2, -0.15) is 0 Å². The maximum atomic E-state index is 13.9. The standard InChI is InChI=1S/C33H36BrCl2NO4/c1-7-37-23-13-32(2,3)15-25(38)29(23)28(30-24(37)14-33(4,5)16-26(30)39)19-10-21(34)31(27(11-19)40-6)41-17-18-8-9-20(35)12-22(18)36/h8-12,28H,7,13-17H2,1-6H3. The van der Waals surface area contributed by atoms with Crippen LogP contribution in [0.2, 0.25) is 10.0 Å². The van der Waals surface area contributed by atoms with E-state index in [0.717, 1.165) is 46.5 Å². The summed E-state index contributed by atoms with van der Waals surface area (Å²) in [6.45, 7) is 11.6. The van der Waals surface area contributed by atoms with E-state index in [1.54, 1.807) is 19.2 Å². The molecule has 0 radical (unpaired) electrons. The van der Waals surface area contributed by atoms with E-state index >= 15 is 0 Å². The number of benzene rings is 2. The number of methoxy groups -OCH3 is 1. The second kappa shape index (κ2) is 11.1. The number of ether oxygens (including phenoxy) is 2. The molecule has 8 heteroatoms. The van der Waals surface area contributed by atoms with Gasteiger partial charge in [0.25, 0.3) is 0 Å². The van der Waals surface area contributed by atoms with Crippen molar-refractivity contribution in [2.24, 2.45) is 10.8 Å². The van der Waals surface area contributed by atoms with Gasteiger partial charge in [-0.15, -0.1) is 0 Å². The molecule has 1 heterocycles. The number of rotatable bonds is 6. The Balaban J connectivity index is 1.64. The van der Waals surface area contributed by atoms with Gasteiger partial charge in [-0.3, -0.25) is 9.59 Å². The van der Waals surface area contributed by atoms with Crippen molar-refractivity contribution in [1.29, 1.82) is 0 Å². The van der Waals surface area contributed by atoms with Gasteiger partial charge in [0, 0.05) is 63.5 Å². The summed E-state index contributed by atoms with van der Waals surface area (Å²) < 4.78 is 12.7. The fraction of sp³-hybridized carbons (Fsp3) is 0.455. The van der Waals surface area contributed by atoms with Crippen LogP contribution in [0.5, 0.6) is 11.5 Å². The SMILES string of the molecule is CCN1C2=C(C(=O)CC(C)(C)C2)C(c2cc(Br)c(OCc3ccc(Cl)cc3Cl)c(OC)c2)C2=C1CC(C)(C)CC2=O. The Labute approximate surface area is 261 Å². The molecule has 2 aliphatic carbocycles. The van der Waals surface area contributed by atoms with E-state index in [1.165, 1.54) is 0 Å². The number of carbonyl (C=O) groups is 2. The number of halogens is 3. The highest BCUT2D eigenvalue weighted by Gasteiger charge is 2.48. The van der Waals surface area contributed by atoms with E-state index < -0.39 is 5.92 Å². The Hall–Kier alpha value is -2.28. The van der Waals surface area contributed by atoms with Gasteiger partial charge in [-0.1, -0.05) is 57.0 Å². The van der Waals surface area contributed by atoms with E-state index in [1.807, 2.05) is 18.2 Å². The first-order valence-corrected chi connectivity index (χ1v) is 15.5. The van der Waals surface area contributed by atoms with Gasteiger partial charge in [0.15, 0.2) is 23.1 Å². The van der Waals surface area contributed by atoms with Crippen LogP contribution < -0.4 is 9.47 Å². The van der Waals surface area contributed by atoms with Crippen LogP contribution in [-0.2, 0) is 16.2 Å². The maximum absolute atomic E-state index is 13.9. The average Bonchev–Trinajstić information content (AvgIpc) is 2.86. The molecule has 0 unspecified atom stereocenters. The van der Waals surface area contributed by atoms with Crippen molar-refractivity contribution in [2.75, 3.05) is 13.7 Å². The Kier molecular flexibility index (Phi) is 8.17. The Bertz CT molecular complexity index is 1450. The lowest BCUT2D eigenvalue weighted by molar-refractivity contribution is -0.119. The topological polar surface area (TPSA) is 55.8 Å². The minimum absolute atomic E-state index is 0.108. The van der Waals surface area contributed by atoms with Crippen molar-refractivity contribution in [3.05, 3.63) is 78.5 Å². The van der Waals surface area contributed by atoms with E-state index in [-0.39, 0.29) is 29.0 Å². The van der Waals surface area contributed by atoms with Crippen molar-refractivity contribution >= 4 is 50.7 Å². The molecular formula is C33H36BrCl2NO4. The van der Waals surface area contributed by atoms with Gasteiger partial charge in [0.1, 0.15) is 6.61 Å².